The molecule has 0 unspecified atom stereocenters. The van der Waals surface area contributed by atoms with Gasteiger partial charge in [-0.3, -0.25) is 4.79 Å². The van der Waals surface area contributed by atoms with Crippen LogP contribution in [-0.4, -0.2) is 61.3 Å². The molecule has 0 amide bonds. The van der Waals surface area contributed by atoms with Gasteiger partial charge in [0.05, 0.1) is 18.1 Å². The van der Waals surface area contributed by atoms with E-state index in [9.17, 15) is 13.2 Å². The van der Waals surface area contributed by atoms with E-state index < -0.39 is 10.0 Å². The van der Waals surface area contributed by atoms with E-state index in [1.54, 1.807) is 12.1 Å². The van der Waals surface area contributed by atoms with Crippen molar-refractivity contribution in [1.82, 2.24) is 14.1 Å². The van der Waals surface area contributed by atoms with Gasteiger partial charge in [-0.1, -0.05) is 24.3 Å². The fraction of sp³-hybridized carbons (Fsp3) is 0.385. The van der Waals surface area contributed by atoms with Crippen molar-refractivity contribution in [2.75, 3.05) is 43.5 Å². The molecule has 1 saturated heterocycles. The van der Waals surface area contributed by atoms with Crippen LogP contribution in [0.1, 0.15) is 45.8 Å². The molecule has 3 heterocycles. The summed E-state index contributed by atoms with van der Waals surface area (Å²) in [5, 5.41) is 4.43. The first kappa shape index (κ1) is 23.2. The molecule has 188 valence electrons. The number of fused-ring (bicyclic) bond motifs is 1. The summed E-state index contributed by atoms with van der Waals surface area (Å²) in [6, 6.07) is 14.0. The molecular weight excluding hydrogens is 478 g/mol. The van der Waals surface area contributed by atoms with Gasteiger partial charge in [-0.05, 0) is 60.6 Å². The minimum Gasteiger partial charge on any atom is -0.382 e. The maximum absolute atomic E-state index is 13.5. The van der Waals surface area contributed by atoms with Crippen molar-refractivity contribution in [3.8, 4) is 0 Å². The highest BCUT2D eigenvalue weighted by molar-refractivity contribution is 7.89. The summed E-state index contributed by atoms with van der Waals surface area (Å²) in [5.74, 6) is 1.13. The maximum Gasteiger partial charge on any atom is 0.280 e. The lowest BCUT2D eigenvalue weighted by Crippen LogP contribution is -2.39. The van der Waals surface area contributed by atoms with E-state index in [0.717, 1.165) is 29.8 Å². The second-order valence-electron chi connectivity index (χ2n) is 9.59. The molecule has 2 aromatic carbocycles. The molecule has 3 aliphatic rings. The molecule has 0 radical (unpaired) electrons. The molecule has 1 saturated carbocycles. The number of nitrogens with zero attached hydrogens (tertiary/aromatic N) is 4. The summed E-state index contributed by atoms with van der Waals surface area (Å²) >= 11 is 0. The van der Waals surface area contributed by atoms with Gasteiger partial charge in [-0.25, -0.2) is 8.42 Å². The number of rotatable bonds is 5. The molecule has 2 fully saturated rings. The Morgan fingerprint density at radius 1 is 0.972 bits per heavy atom. The smallest absolute Gasteiger partial charge is 0.280 e. The molecule has 0 spiro atoms. The number of anilines is 2. The summed E-state index contributed by atoms with van der Waals surface area (Å²) in [6.45, 7) is 3.26. The van der Waals surface area contributed by atoms with E-state index in [-0.39, 0.29) is 10.8 Å². The first-order chi connectivity index (χ1) is 17.4. The number of carbonyl (C=O) groups is 1. The number of hydrogen-bond acceptors (Lipinski definition) is 7. The van der Waals surface area contributed by atoms with Crippen molar-refractivity contribution in [3.63, 3.8) is 0 Å². The first-order valence-corrected chi connectivity index (χ1v) is 13.8. The summed E-state index contributed by atoms with van der Waals surface area (Å²) in [7, 11) is -3.69. The van der Waals surface area contributed by atoms with Gasteiger partial charge in [0, 0.05) is 37.3 Å². The van der Waals surface area contributed by atoms with Gasteiger partial charge in [0.25, 0.3) is 5.91 Å². The Kier molecular flexibility index (Phi) is 5.82. The van der Waals surface area contributed by atoms with Crippen LogP contribution >= 0.6 is 0 Å². The molecule has 2 aliphatic heterocycles. The number of aromatic nitrogens is 2. The summed E-state index contributed by atoms with van der Waals surface area (Å²) < 4.78 is 35.0. The molecule has 10 heteroatoms. The van der Waals surface area contributed by atoms with E-state index in [4.69, 9.17) is 10.5 Å². The highest BCUT2D eigenvalue weighted by Crippen LogP contribution is 2.47. The second-order valence-corrected chi connectivity index (χ2v) is 11.5. The van der Waals surface area contributed by atoms with Crippen LogP contribution in [0.3, 0.4) is 0 Å². The third-order valence-corrected chi connectivity index (χ3v) is 9.11. The fourth-order valence-corrected chi connectivity index (χ4v) is 6.56. The molecule has 2 N–H and O–H groups in total. The van der Waals surface area contributed by atoms with Crippen molar-refractivity contribution in [1.29, 1.82) is 0 Å². The van der Waals surface area contributed by atoms with E-state index in [1.807, 2.05) is 24.3 Å². The van der Waals surface area contributed by atoms with E-state index in [1.165, 1.54) is 26.7 Å². The Hall–Kier alpha value is -3.21. The average Bonchev–Trinajstić information content (AvgIpc) is 3.70. The van der Waals surface area contributed by atoms with E-state index >= 15 is 0 Å². The van der Waals surface area contributed by atoms with Crippen LogP contribution in [0, 0.1) is 0 Å². The quantitative estimate of drug-likeness (QED) is 0.565. The zero-order chi connectivity index (χ0) is 24.9. The minimum atomic E-state index is -3.69. The molecule has 9 nitrogen and oxygen atoms in total. The Labute approximate surface area is 210 Å². The van der Waals surface area contributed by atoms with Gasteiger partial charge in [-0.2, -0.15) is 8.99 Å². The van der Waals surface area contributed by atoms with Crippen molar-refractivity contribution in [2.24, 2.45) is 0 Å². The van der Waals surface area contributed by atoms with Crippen LogP contribution in [0.15, 0.2) is 53.4 Å². The molecule has 3 aromatic rings. The maximum atomic E-state index is 13.5. The van der Waals surface area contributed by atoms with Crippen molar-refractivity contribution >= 4 is 27.6 Å². The van der Waals surface area contributed by atoms with Gasteiger partial charge < -0.3 is 15.4 Å². The van der Waals surface area contributed by atoms with Gasteiger partial charge in [0.1, 0.15) is 5.82 Å². The zero-order valence-electron chi connectivity index (χ0n) is 20.0. The van der Waals surface area contributed by atoms with Crippen molar-refractivity contribution < 1.29 is 17.9 Å². The van der Waals surface area contributed by atoms with Crippen LogP contribution in [0.4, 0.5) is 11.6 Å². The Morgan fingerprint density at radius 3 is 2.36 bits per heavy atom. The number of benzene rings is 2. The first-order valence-electron chi connectivity index (χ1n) is 12.4. The normalized spacial score (nSPS) is 18.7. The summed E-state index contributed by atoms with van der Waals surface area (Å²) in [5.41, 5.74) is 9.79. The molecule has 1 aliphatic carbocycles. The van der Waals surface area contributed by atoms with Gasteiger partial charge in [-0.15, -0.1) is 5.10 Å². The predicted octanol–water partition coefficient (Wildman–Crippen LogP) is 2.61. The number of nitrogen functional groups attached to an aromatic ring is 1. The number of nitrogens with two attached hydrogens (primary N) is 1. The molecule has 6 rings (SSSR count). The Bertz CT molecular complexity index is 1410. The lowest BCUT2D eigenvalue weighted by molar-refractivity contribution is 0.0940. The zero-order valence-corrected chi connectivity index (χ0v) is 20.8. The molecule has 0 bridgehead atoms. The second kappa shape index (κ2) is 9.02. The van der Waals surface area contributed by atoms with Crippen LogP contribution in [0.2, 0.25) is 0 Å². The van der Waals surface area contributed by atoms with Gasteiger partial charge >= 0.3 is 0 Å². The SMILES string of the molecule is Nc1nn(C(=O)c2ccc(S(=O)(=O)N3CCc4ccccc4C3)cc2)c(N2CCOCC2)c1C1CC1. The fourth-order valence-electron chi connectivity index (χ4n) is 5.14. The lowest BCUT2D eigenvalue weighted by Gasteiger charge is -2.29. The third-order valence-electron chi connectivity index (χ3n) is 7.25. The van der Waals surface area contributed by atoms with Crippen LogP contribution < -0.4 is 10.6 Å². The molecule has 36 heavy (non-hydrogen) atoms. The summed E-state index contributed by atoms with van der Waals surface area (Å²) in [6.07, 6.45) is 2.75. The number of morpholine rings is 1. The van der Waals surface area contributed by atoms with Gasteiger partial charge in [0.2, 0.25) is 10.0 Å². The monoisotopic (exact) mass is 507 g/mol. The molecule has 0 atom stereocenters. The number of hydrogen-bond donors (Lipinski definition) is 1. The predicted molar refractivity (Wildman–Crippen MR) is 136 cm³/mol. The highest BCUT2D eigenvalue weighted by atomic mass is 32.2. The molecular formula is C26H29N5O4S. The standard InChI is InChI=1S/C26H29N5O4S/c27-24-23(19-5-6-19)25(29-13-15-35-16-14-29)31(28-24)26(32)20-7-9-22(10-8-20)36(33,34)30-12-11-18-3-1-2-4-21(18)17-30/h1-4,7-10,19H,5-6,11-17H2,(H2,27,28). The largest absolute Gasteiger partial charge is 0.382 e. The topological polar surface area (TPSA) is 111 Å². The molecule has 1 aromatic heterocycles. The number of carbonyl (C=O) groups excluding carboxylic acids is 1. The van der Waals surface area contributed by atoms with Gasteiger partial charge in [0.15, 0.2) is 5.82 Å². The Morgan fingerprint density at radius 2 is 1.67 bits per heavy atom. The Balaban J connectivity index is 1.28. The number of sulfonamides is 1. The van der Waals surface area contributed by atoms with Crippen LogP contribution in [-0.2, 0) is 27.7 Å². The lowest BCUT2D eigenvalue weighted by atomic mass is 10.0. The van der Waals surface area contributed by atoms with E-state index in [0.29, 0.717) is 63.1 Å². The van der Waals surface area contributed by atoms with Crippen LogP contribution in [0.25, 0.3) is 0 Å². The third kappa shape index (κ3) is 4.08. The number of ether oxygens (including phenoxy) is 1. The minimum absolute atomic E-state index is 0.172. The van der Waals surface area contributed by atoms with Crippen molar-refractivity contribution in [3.05, 3.63) is 70.8 Å². The van der Waals surface area contributed by atoms with Crippen LogP contribution in [0.5, 0.6) is 0 Å². The van der Waals surface area contributed by atoms with E-state index in [2.05, 4.69) is 10.00 Å². The van der Waals surface area contributed by atoms with Crippen molar-refractivity contribution in [2.45, 2.75) is 36.6 Å². The summed E-state index contributed by atoms with van der Waals surface area (Å²) in [4.78, 5) is 15.8. The highest BCUT2D eigenvalue weighted by Gasteiger charge is 2.36. The average molecular weight is 508 g/mol.